The van der Waals surface area contributed by atoms with Gasteiger partial charge in [-0.3, -0.25) is 0 Å². The highest BCUT2D eigenvalue weighted by molar-refractivity contribution is 9.10. The van der Waals surface area contributed by atoms with Crippen molar-refractivity contribution >= 4 is 26.0 Å². The summed E-state index contributed by atoms with van der Waals surface area (Å²) in [5.74, 6) is 0.875. The average Bonchev–Trinajstić information content (AvgIpc) is 2.70. The Labute approximate surface area is 128 Å². The van der Waals surface area contributed by atoms with Gasteiger partial charge in [-0.25, -0.2) is 13.1 Å². The predicted octanol–water partition coefficient (Wildman–Crippen LogP) is 2.65. The van der Waals surface area contributed by atoms with Gasteiger partial charge in [-0.2, -0.15) is 0 Å². The molecule has 20 heavy (non-hydrogen) atoms. The van der Waals surface area contributed by atoms with Crippen LogP contribution in [0.2, 0.25) is 0 Å². The van der Waals surface area contributed by atoms with Gasteiger partial charge in [-0.05, 0) is 58.3 Å². The van der Waals surface area contributed by atoms with Gasteiger partial charge >= 0.3 is 0 Å². The highest BCUT2D eigenvalue weighted by atomic mass is 79.9. The maximum atomic E-state index is 12.5. The number of benzene rings is 1. The summed E-state index contributed by atoms with van der Waals surface area (Å²) < 4.78 is 28.3. The number of nitrogens with one attached hydrogen (secondary N) is 1. The number of sulfonamides is 1. The molecule has 1 aromatic carbocycles. The molecule has 2 N–H and O–H groups in total. The van der Waals surface area contributed by atoms with E-state index in [1.54, 1.807) is 12.1 Å². The fraction of sp³-hybridized carbons (Fsp3) is 0.571. The molecule has 6 heteroatoms. The predicted molar refractivity (Wildman–Crippen MR) is 81.7 cm³/mol. The SMILES string of the molecule is CC1CCC(NS(=O)(=O)c2cc(CO)ccc2Br)C1C. The lowest BCUT2D eigenvalue weighted by molar-refractivity contribution is 0.281. The van der Waals surface area contributed by atoms with Crippen LogP contribution in [-0.4, -0.2) is 19.6 Å². The number of hydrogen-bond donors (Lipinski definition) is 2. The number of rotatable bonds is 4. The Morgan fingerprint density at radius 2 is 2.05 bits per heavy atom. The molecular weight excluding hydrogens is 342 g/mol. The monoisotopic (exact) mass is 361 g/mol. The van der Waals surface area contributed by atoms with E-state index >= 15 is 0 Å². The van der Waals surface area contributed by atoms with Crippen molar-refractivity contribution in [3.63, 3.8) is 0 Å². The maximum Gasteiger partial charge on any atom is 0.241 e. The van der Waals surface area contributed by atoms with Crippen molar-refractivity contribution in [2.75, 3.05) is 0 Å². The van der Waals surface area contributed by atoms with Gasteiger partial charge in [0.15, 0.2) is 0 Å². The molecule has 1 aliphatic rings. The molecule has 0 saturated heterocycles. The van der Waals surface area contributed by atoms with Gasteiger partial charge in [0.1, 0.15) is 0 Å². The van der Waals surface area contributed by atoms with Gasteiger partial charge in [0.2, 0.25) is 10.0 Å². The lowest BCUT2D eigenvalue weighted by atomic mass is 9.98. The molecule has 3 atom stereocenters. The van der Waals surface area contributed by atoms with Crippen LogP contribution in [0, 0.1) is 11.8 Å². The highest BCUT2D eigenvalue weighted by Gasteiger charge is 2.33. The zero-order valence-electron chi connectivity index (χ0n) is 11.6. The zero-order valence-corrected chi connectivity index (χ0v) is 14.0. The first-order chi connectivity index (χ1) is 9.35. The molecule has 3 unspecified atom stereocenters. The first-order valence-corrected chi connectivity index (χ1v) is 9.04. The second kappa shape index (κ2) is 6.13. The number of halogens is 1. The summed E-state index contributed by atoms with van der Waals surface area (Å²) >= 11 is 3.27. The van der Waals surface area contributed by atoms with Crippen molar-refractivity contribution in [3.05, 3.63) is 28.2 Å². The molecule has 2 rings (SSSR count). The first kappa shape index (κ1) is 15.9. The van der Waals surface area contributed by atoms with Crippen LogP contribution < -0.4 is 4.72 Å². The van der Waals surface area contributed by atoms with Crippen molar-refractivity contribution in [2.45, 2.75) is 44.2 Å². The molecule has 1 aliphatic carbocycles. The van der Waals surface area contributed by atoms with Crippen LogP contribution in [0.15, 0.2) is 27.6 Å². The first-order valence-electron chi connectivity index (χ1n) is 6.76. The second-order valence-corrected chi connectivity index (χ2v) is 8.10. The van der Waals surface area contributed by atoms with Gasteiger partial charge in [-0.15, -0.1) is 0 Å². The summed E-state index contributed by atoms with van der Waals surface area (Å²) in [5.41, 5.74) is 0.585. The third-order valence-corrected chi connectivity index (χ3v) is 6.72. The zero-order chi connectivity index (χ0) is 14.9. The number of aliphatic hydroxyl groups is 1. The van der Waals surface area contributed by atoms with Gasteiger partial charge in [-0.1, -0.05) is 19.9 Å². The molecule has 112 valence electrons. The van der Waals surface area contributed by atoms with E-state index in [2.05, 4.69) is 34.5 Å². The van der Waals surface area contributed by atoms with Crippen LogP contribution in [0.4, 0.5) is 0 Å². The second-order valence-electron chi connectivity index (χ2n) is 5.56. The van der Waals surface area contributed by atoms with Crippen LogP contribution >= 0.6 is 15.9 Å². The minimum Gasteiger partial charge on any atom is -0.392 e. The number of aliphatic hydroxyl groups excluding tert-OH is 1. The molecule has 0 radical (unpaired) electrons. The molecule has 0 bridgehead atoms. The van der Waals surface area contributed by atoms with Gasteiger partial charge in [0.25, 0.3) is 0 Å². The summed E-state index contributed by atoms with van der Waals surface area (Å²) in [7, 11) is -3.57. The minimum atomic E-state index is -3.57. The summed E-state index contributed by atoms with van der Waals surface area (Å²) in [6.07, 6.45) is 1.92. The highest BCUT2D eigenvalue weighted by Crippen LogP contribution is 2.33. The van der Waals surface area contributed by atoms with Crippen LogP contribution in [-0.2, 0) is 16.6 Å². The Kier molecular flexibility index (Phi) is 4.89. The Balaban J connectivity index is 2.27. The topological polar surface area (TPSA) is 66.4 Å². The molecule has 0 heterocycles. The lowest BCUT2D eigenvalue weighted by Gasteiger charge is -2.20. The molecule has 1 saturated carbocycles. The smallest absolute Gasteiger partial charge is 0.241 e. The van der Waals surface area contributed by atoms with E-state index < -0.39 is 10.0 Å². The summed E-state index contributed by atoms with van der Waals surface area (Å²) in [5, 5.41) is 9.15. The molecule has 0 aromatic heterocycles. The standard InChI is InChI=1S/C14H20BrNO3S/c1-9-3-6-13(10(9)2)16-20(18,19)14-7-11(8-17)4-5-12(14)15/h4-5,7,9-10,13,16-17H,3,6,8H2,1-2H3. The molecule has 0 aliphatic heterocycles. The number of hydrogen-bond acceptors (Lipinski definition) is 3. The largest absolute Gasteiger partial charge is 0.392 e. The summed E-state index contributed by atoms with van der Waals surface area (Å²) in [6.45, 7) is 4.07. The van der Waals surface area contributed by atoms with Crippen molar-refractivity contribution in [1.29, 1.82) is 0 Å². The van der Waals surface area contributed by atoms with Crippen molar-refractivity contribution < 1.29 is 13.5 Å². The normalized spacial score (nSPS) is 26.9. The molecule has 1 aromatic rings. The van der Waals surface area contributed by atoms with Gasteiger partial charge < -0.3 is 5.11 Å². The summed E-state index contributed by atoms with van der Waals surface area (Å²) in [4.78, 5) is 0.191. The van der Waals surface area contributed by atoms with E-state index in [0.29, 0.717) is 21.9 Å². The van der Waals surface area contributed by atoms with Crippen molar-refractivity contribution in [1.82, 2.24) is 4.72 Å². The van der Waals surface area contributed by atoms with Crippen LogP contribution in [0.25, 0.3) is 0 Å². The van der Waals surface area contributed by atoms with E-state index in [1.807, 2.05) is 0 Å². The quantitative estimate of drug-likeness (QED) is 0.866. The van der Waals surface area contributed by atoms with E-state index in [4.69, 9.17) is 5.11 Å². The van der Waals surface area contributed by atoms with E-state index in [9.17, 15) is 8.42 Å². The van der Waals surface area contributed by atoms with Gasteiger partial charge in [0, 0.05) is 10.5 Å². The molecule has 4 nitrogen and oxygen atoms in total. The van der Waals surface area contributed by atoms with E-state index in [-0.39, 0.29) is 17.5 Å². The lowest BCUT2D eigenvalue weighted by Crippen LogP contribution is -2.37. The fourth-order valence-corrected chi connectivity index (χ4v) is 5.02. The maximum absolute atomic E-state index is 12.5. The summed E-state index contributed by atoms with van der Waals surface area (Å²) in [6, 6.07) is 4.85. The van der Waals surface area contributed by atoms with Crippen LogP contribution in [0.5, 0.6) is 0 Å². The Morgan fingerprint density at radius 3 is 2.60 bits per heavy atom. The van der Waals surface area contributed by atoms with E-state index in [0.717, 1.165) is 12.8 Å². The van der Waals surface area contributed by atoms with Crippen LogP contribution in [0.1, 0.15) is 32.3 Å². The average molecular weight is 362 g/mol. The van der Waals surface area contributed by atoms with Crippen molar-refractivity contribution in [2.24, 2.45) is 11.8 Å². The Bertz CT molecular complexity index is 588. The Hall–Kier alpha value is -0.430. The Morgan fingerprint density at radius 1 is 1.35 bits per heavy atom. The van der Waals surface area contributed by atoms with Crippen molar-refractivity contribution in [3.8, 4) is 0 Å². The molecule has 0 spiro atoms. The van der Waals surface area contributed by atoms with Crippen LogP contribution in [0.3, 0.4) is 0 Å². The molecule has 0 amide bonds. The van der Waals surface area contributed by atoms with Gasteiger partial charge in [0.05, 0.1) is 11.5 Å². The molecule has 1 fully saturated rings. The van der Waals surface area contributed by atoms with E-state index in [1.165, 1.54) is 6.07 Å². The third kappa shape index (κ3) is 3.24. The minimum absolute atomic E-state index is 0.0142. The third-order valence-electron chi connectivity index (χ3n) is 4.24. The fourth-order valence-electron chi connectivity index (χ4n) is 2.65. The molecular formula is C14H20BrNO3S.